The quantitative estimate of drug-likeness (QED) is 0.461. The monoisotopic (exact) mass is 453 g/mol. The molecule has 160 valence electrons. The fourth-order valence-corrected chi connectivity index (χ4v) is 5.00. The van der Waals surface area contributed by atoms with Crippen molar-refractivity contribution >= 4 is 38.2 Å². The predicted octanol–water partition coefficient (Wildman–Crippen LogP) is 3.93. The van der Waals surface area contributed by atoms with Crippen LogP contribution in [0.2, 0.25) is 0 Å². The molecule has 0 aliphatic carbocycles. The van der Waals surface area contributed by atoms with Gasteiger partial charge in [0, 0.05) is 36.4 Å². The molecule has 0 aliphatic heterocycles. The van der Waals surface area contributed by atoms with Crippen LogP contribution in [0.5, 0.6) is 0 Å². The third kappa shape index (κ3) is 4.41. The van der Waals surface area contributed by atoms with Gasteiger partial charge in [-0.3, -0.25) is 4.79 Å². The fraction of sp³-hybridized carbons (Fsp3) is 0.174. The predicted molar refractivity (Wildman–Crippen MR) is 124 cm³/mol. The highest BCUT2D eigenvalue weighted by molar-refractivity contribution is 7.89. The Morgan fingerprint density at radius 2 is 1.81 bits per heavy atom. The second-order valence-corrected chi connectivity index (χ2v) is 10.6. The molecular weight excluding hydrogens is 430 g/mol. The third-order valence-electron chi connectivity index (χ3n) is 5.07. The van der Waals surface area contributed by atoms with Crippen LogP contribution in [0.25, 0.3) is 10.9 Å². The van der Waals surface area contributed by atoms with E-state index in [1.807, 2.05) is 52.4 Å². The number of aromatic nitrogens is 1. The first kappa shape index (κ1) is 21.3. The Morgan fingerprint density at radius 1 is 1.03 bits per heavy atom. The summed E-state index contributed by atoms with van der Waals surface area (Å²) >= 11 is 1.59. The van der Waals surface area contributed by atoms with Crippen LogP contribution in [-0.4, -0.2) is 37.3 Å². The highest BCUT2D eigenvalue weighted by Gasteiger charge is 2.21. The lowest BCUT2D eigenvalue weighted by Gasteiger charge is -2.13. The number of carbonyl (C=O) groups excluding carboxylic acids is 1. The molecule has 4 rings (SSSR count). The van der Waals surface area contributed by atoms with E-state index in [2.05, 4.69) is 5.32 Å². The van der Waals surface area contributed by atoms with Gasteiger partial charge in [0.1, 0.15) is 5.69 Å². The molecule has 2 heterocycles. The SMILES string of the molecule is CN(C)S(=O)(=O)c1ccc2c(c1)cc(C(=O)NCc1cccs1)n2Cc1ccccc1. The first-order valence-corrected chi connectivity index (χ1v) is 12.1. The largest absolute Gasteiger partial charge is 0.346 e. The summed E-state index contributed by atoms with van der Waals surface area (Å²) in [5.74, 6) is -0.197. The molecule has 0 fully saturated rings. The molecule has 0 spiro atoms. The summed E-state index contributed by atoms with van der Waals surface area (Å²) in [7, 11) is -0.559. The zero-order valence-corrected chi connectivity index (χ0v) is 18.9. The van der Waals surface area contributed by atoms with E-state index in [4.69, 9.17) is 0 Å². The molecule has 1 N–H and O–H groups in total. The van der Waals surface area contributed by atoms with E-state index >= 15 is 0 Å². The zero-order chi connectivity index (χ0) is 22.0. The van der Waals surface area contributed by atoms with E-state index in [-0.39, 0.29) is 10.8 Å². The molecule has 0 aliphatic rings. The minimum absolute atomic E-state index is 0.197. The molecule has 0 unspecified atom stereocenters. The van der Waals surface area contributed by atoms with Gasteiger partial charge in [0.05, 0.1) is 11.4 Å². The van der Waals surface area contributed by atoms with E-state index in [1.54, 1.807) is 35.6 Å². The number of nitrogens with zero attached hydrogens (tertiary/aromatic N) is 2. The summed E-state index contributed by atoms with van der Waals surface area (Å²) < 4.78 is 28.2. The van der Waals surface area contributed by atoms with Crippen LogP contribution in [0.4, 0.5) is 0 Å². The lowest BCUT2D eigenvalue weighted by molar-refractivity contribution is 0.0943. The van der Waals surface area contributed by atoms with Gasteiger partial charge in [-0.15, -0.1) is 11.3 Å². The number of fused-ring (bicyclic) bond motifs is 1. The minimum Gasteiger partial charge on any atom is -0.346 e. The number of thiophene rings is 1. The first-order chi connectivity index (χ1) is 14.9. The standard InChI is InChI=1S/C23H23N3O3S2/c1-25(2)31(28,29)20-10-11-21-18(13-20)14-22(23(27)24-15-19-9-6-12-30-19)26(21)16-17-7-4-3-5-8-17/h3-14H,15-16H2,1-2H3,(H,24,27). The summed E-state index contributed by atoms with van der Waals surface area (Å²) in [6.45, 7) is 0.954. The van der Waals surface area contributed by atoms with Gasteiger partial charge in [0.15, 0.2) is 0 Å². The summed E-state index contributed by atoms with van der Waals surface area (Å²) in [5, 5.41) is 5.66. The highest BCUT2D eigenvalue weighted by Crippen LogP contribution is 2.26. The molecular formula is C23H23N3O3S2. The van der Waals surface area contributed by atoms with Gasteiger partial charge in [-0.2, -0.15) is 0 Å². The van der Waals surface area contributed by atoms with Crippen molar-refractivity contribution in [2.24, 2.45) is 0 Å². The number of amides is 1. The molecule has 31 heavy (non-hydrogen) atoms. The van der Waals surface area contributed by atoms with Crippen molar-refractivity contribution < 1.29 is 13.2 Å². The Balaban J connectivity index is 1.76. The van der Waals surface area contributed by atoms with E-state index in [1.165, 1.54) is 18.4 Å². The molecule has 1 amide bonds. The average Bonchev–Trinajstić information content (AvgIpc) is 3.40. The molecule has 6 nitrogen and oxygen atoms in total. The summed E-state index contributed by atoms with van der Waals surface area (Å²) in [6.07, 6.45) is 0. The number of hydrogen-bond donors (Lipinski definition) is 1. The Kier molecular flexibility index (Phi) is 5.95. The van der Waals surface area contributed by atoms with Crippen LogP contribution >= 0.6 is 11.3 Å². The van der Waals surface area contributed by atoms with Gasteiger partial charge in [-0.05, 0) is 41.3 Å². The van der Waals surface area contributed by atoms with Gasteiger partial charge >= 0.3 is 0 Å². The number of hydrogen-bond acceptors (Lipinski definition) is 4. The Bertz CT molecular complexity index is 1310. The van der Waals surface area contributed by atoms with Gasteiger partial charge < -0.3 is 9.88 Å². The van der Waals surface area contributed by atoms with Crippen molar-refractivity contribution in [2.45, 2.75) is 18.0 Å². The number of rotatable bonds is 7. The van der Waals surface area contributed by atoms with Crippen molar-refractivity contribution in [3.63, 3.8) is 0 Å². The zero-order valence-electron chi connectivity index (χ0n) is 17.3. The fourth-order valence-electron chi connectivity index (χ4n) is 3.42. The van der Waals surface area contributed by atoms with Gasteiger partial charge in [-0.1, -0.05) is 36.4 Å². The van der Waals surface area contributed by atoms with Crippen LogP contribution in [0.1, 0.15) is 20.9 Å². The third-order valence-corrected chi connectivity index (χ3v) is 7.76. The number of carbonyl (C=O) groups is 1. The van der Waals surface area contributed by atoms with Gasteiger partial charge in [0.2, 0.25) is 10.0 Å². The van der Waals surface area contributed by atoms with Gasteiger partial charge in [-0.25, -0.2) is 12.7 Å². The van der Waals surface area contributed by atoms with Crippen molar-refractivity contribution in [3.8, 4) is 0 Å². The van der Waals surface area contributed by atoms with Crippen LogP contribution in [-0.2, 0) is 23.1 Å². The highest BCUT2D eigenvalue weighted by atomic mass is 32.2. The Hall–Kier alpha value is -2.94. The van der Waals surface area contributed by atoms with Crippen LogP contribution in [0.3, 0.4) is 0 Å². The second-order valence-electron chi connectivity index (χ2n) is 7.37. The van der Waals surface area contributed by atoms with Crippen molar-refractivity contribution in [2.75, 3.05) is 14.1 Å². The van der Waals surface area contributed by atoms with Crippen LogP contribution in [0, 0.1) is 0 Å². The summed E-state index contributed by atoms with van der Waals surface area (Å²) in [6, 6.07) is 20.5. The van der Waals surface area contributed by atoms with Crippen molar-refractivity contribution in [1.29, 1.82) is 0 Å². The summed E-state index contributed by atoms with van der Waals surface area (Å²) in [5.41, 5.74) is 2.36. The maximum atomic E-state index is 13.1. The summed E-state index contributed by atoms with van der Waals surface area (Å²) in [4.78, 5) is 14.3. The number of nitrogens with one attached hydrogen (secondary N) is 1. The first-order valence-electron chi connectivity index (χ1n) is 9.76. The Morgan fingerprint density at radius 3 is 2.48 bits per heavy atom. The van der Waals surface area contributed by atoms with Crippen molar-refractivity contribution in [3.05, 3.63) is 88.2 Å². The molecule has 0 saturated heterocycles. The van der Waals surface area contributed by atoms with Crippen molar-refractivity contribution in [1.82, 2.24) is 14.2 Å². The molecule has 0 bridgehead atoms. The molecule has 0 saturated carbocycles. The molecule has 0 atom stereocenters. The average molecular weight is 454 g/mol. The van der Waals surface area contributed by atoms with Crippen LogP contribution in [0.15, 0.2) is 77.0 Å². The van der Waals surface area contributed by atoms with E-state index in [9.17, 15) is 13.2 Å². The molecule has 2 aromatic heterocycles. The maximum Gasteiger partial charge on any atom is 0.268 e. The number of sulfonamides is 1. The normalized spacial score (nSPS) is 11.8. The molecule has 4 aromatic rings. The maximum absolute atomic E-state index is 13.1. The van der Waals surface area contributed by atoms with E-state index in [0.717, 1.165) is 16.0 Å². The van der Waals surface area contributed by atoms with Crippen LogP contribution < -0.4 is 5.32 Å². The van der Waals surface area contributed by atoms with Gasteiger partial charge in [0.25, 0.3) is 5.91 Å². The topological polar surface area (TPSA) is 71.4 Å². The molecule has 0 radical (unpaired) electrons. The molecule has 2 aromatic carbocycles. The Labute approximate surface area is 185 Å². The van der Waals surface area contributed by atoms with E-state index in [0.29, 0.717) is 24.2 Å². The lowest BCUT2D eigenvalue weighted by Crippen LogP contribution is -2.25. The second kappa shape index (κ2) is 8.66. The lowest BCUT2D eigenvalue weighted by atomic mass is 10.2. The smallest absolute Gasteiger partial charge is 0.268 e. The molecule has 8 heteroatoms. The van der Waals surface area contributed by atoms with E-state index < -0.39 is 10.0 Å². The minimum atomic E-state index is -3.57. The number of benzene rings is 2.